The van der Waals surface area contributed by atoms with E-state index in [1.807, 2.05) is 24.3 Å². The van der Waals surface area contributed by atoms with Gasteiger partial charge in [0.25, 0.3) is 5.91 Å². The van der Waals surface area contributed by atoms with Crippen molar-refractivity contribution in [3.05, 3.63) is 56.4 Å². The summed E-state index contributed by atoms with van der Waals surface area (Å²) in [5.74, 6) is -0.471. The third kappa shape index (κ3) is 5.09. The van der Waals surface area contributed by atoms with E-state index in [2.05, 4.69) is 34.2 Å². The first-order chi connectivity index (χ1) is 13.5. The van der Waals surface area contributed by atoms with E-state index in [1.54, 1.807) is 6.08 Å². The number of rotatable bonds is 5. The summed E-state index contributed by atoms with van der Waals surface area (Å²) in [5.41, 5.74) is 2.43. The van der Waals surface area contributed by atoms with Crippen LogP contribution in [0.4, 0.5) is 5.00 Å². The fourth-order valence-electron chi connectivity index (χ4n) is 3.08. The van der Waals surface area contributed by atoms with E-state index in [4.69, 9.17) is 4.74 Å². The molecule has 3 rings (SSSR count). The Hall–Kier alpha value is -2.43. The van der Waals surface area contributed by atoms with Crippen molar-refractivity contribution >= 4 is 50.2 Å². The number of fused-ring (bicyclic) bond motifs is 1. The first-order valence-electron chi connectivity index (χ1n) is 8.91. The van der Waals surface area contributed by atoms with Crippen LogP contribution in [-0.2, 0) is 27.2 Å². The zero-order valence-electron chi connectivity index (χ0n) is 15.3. The van der Waals surface area contributed by atoms with Gasteiger partial charge in [-0.15, -0.1) is 11.3 Å². The highest BCUT2D eigenvalue weighted by molar-refractivity contribution is 9.10. The van der Waals surface area contributed by atoms with Crippen LogP contribution < -0.4 is 5.32 Å². The predicted octanol–water partition coefficient (Wildman–Crippen LogP) is 4.70. The number of hydrogen-bond acceptors (Lipinski definition) is 5. The molecule has 1 aromatic heterocycles. The SMILES string of the molecule is CC1CCc2c(sc(NC(=O)COC(=O)/C=C/c3cccc(Br)c3)c2C#N)C1. The molecule has 1 aliphatic carbocycles. The number of benzene rings is 1. The Balaban J connectivity index is 1.56. The number of nitrogens with zero attached hydrogens (tertiary/aromatic N) is 1. The molecule has 0 spiro atoms. The quantitative estimate of drug-likeness (QED) is 0.519. The van der Waals surface area contributed by atoms with E-state index in [-0.39, 0.29) is 0 Å². The molecule has 5 nitrogen and oxygen atoms in total. The summed E-state index contributed by atoms with van der Waals surface area (Å²) in [7, 11) is 0. The number of hydrogen-bond donors (Lipinski definition) is 1. The first-order valence-corrected chi connectivity index (χ1v) is 10.5. The van der Waals surface area contributed by atoms with Crippen LogP contribution in [0.5, 0.6) is 0 Å². The topological polar surface area (TPSA) is 79.2 Å². The van der Waals surface area contributed by atoms with Crippen LogP contribution >= 0.6 is 27.3 Å². The number of halogens is 1. The standard InChI is InChI=1S/C21H19BrN2O3S/c1-13-5-7-16-17(11-23)21(28-18(16)9-13)24-19(25)12-27-20(26)8-6-14-3-2-4-15(22)10-14/h2-4,6,8,10,13H,5,7,9,12H2,1H3,(H,24,25)/b8-6+. The van der Waals surface area contributed by atoms with Gasteiger partial charge in [0.1, 0.15) is 11.1 Å². The molecule has 1 N–H and O–H groups in total. The van der Waals surface area contributed by atoms with Gasteiger partial charge in [0.15, 0.2) is 6.61 Å². The maximum atomic E-state index is 12.2. The molecule has 0 fully saturated rings. The van der Waals surface area contributed by atoms with Crippen LogP contribution in [0.3, 0.4) is 0 Å². The second-order valence-electron chi connectivity index (χ2n) is 6.71. The van der Waals surface area contributed by atoms with Crippen molar-refractivity contribution in [2.24, 2.45) is 5.92 Å². The number of amides is 1. The minimum atomic E-state index is -0.602. The van der Waals surface area contributed by atoms with Gasteiger partial charge in [-0.2, -0.15) is 5.26 Å². The molecule has 0 aliphatic heterocycles. The third-order valence-corrected chi connectivity index (χ3v) is 6.15. The molecule has 1 aliphatic rings. The van der Waals surface area contributed by atoms with E-state index in [1.165, 1.54) is 22.3 Å². The zero-order valence-corrected chi connectivity index (χ0v) is 17.7. The molecule has 144 valence electrons. The summed E-state index contributed by atoms with van der Waals surface area (Å²) < 4.78 is 5.90. The van der Waals surface area contributed by atoms with Crippen molar-refractivity contribution in [3.8, 4) is 6.07 Å². The normalized spacial score (nSPS) is 15.7. The molecule has 7 heteroatoms. The third-order valence-electron chi connectivity index (χ3n) is 4.48. The molecule has 28 heavy (non-hydrogen) atoms. The van der Waals surface area contributed by atoms with Gasteiger partial charge in [0.2, 0.25) is 0 Å². The molecule has 0 saturated heterocycles. The zero-order chi connectivity index (χ0) is 20.1. The lowest BCUT2D eigenvalue weighted by Gasteiger charge is -2.17. The fraction of sp³-hybridized carbons (Fsp3) is 0.286. The largest absolute Gasteiger partial charge is 0.452 e. The molecule has 0 radical (unpaired) electrons. The van der Waals surface area contributed by atoms with Crippen LogP contribution in [0.1, 0.15) is 34.9 Å². The summed E-state index contributed by atoms with van der Waals surface area (Å²) >= 11 is 4.81. The minimum Gasteiger partial charge on any atom is -0.452 e. The van der Waals surface area contributed by atoms with Crippen molar-refractivity contribution in [2.75, 3.05) is 11.9 Å². The lowest BCUT2D eigenvalue weighted by Crippen LogP contribution is -2.20. The molecular formula is C21H19BrN2O3S. The molecule has 1 unspecified atom stereocenters. The van der Waals surface area contributed by atoms with Crippen molar-refractivity contribution in [2.45, 2.75) is 26.2 Å². The van der Waals surface area contributed by atoms with Gasteiger partial charge < -0.3 is 10.1 Å². The Bertz CT molecular complexity index is 975. The van der Waals surface area contributed by atoms with Crippen LogP contribution in [-0.4, -0.2) is 18.5 Å². The Morgan fingerprint density at radius 1 is 1.46 bits per heavy atom. The monoisotopic (exact) mass is 458 g/mol. The number of carbonyl (C=O) groups excluding carboxylic acids is 2. The van der Waals surface area contributed by atoms with Crippen molar-refractivity contribution in [1.29, 1.82) is 5.26 Å². The number of thiophene rings is 1. The lowest BCUT2D eigenvalue weighted by molar-refractivity contribution is -0.142. The molecule has 1 amide bonds. The van der Waals surface area contributed by atoms with Gasteiger partial charge in [0, 0.05) is 15.4 Å². The molecular weight excluding hydrogens is 440 g/mol. The van der Waals surface area contributed by atoms with Crippen LogP contribution in [0.2, 0.25) is 0 Å². The van der Waals surface area contributed by atoms with Crippen LogP contribution in [0, 0.1) is 17.2 Å². The van der Waals surface area contributed by atoms with Crippen molar-refractivity contribution in [3.63, 3.8) is 0 Å². The highest BCUT2D eigenvalue weighted by atomic mass is 79.9. The summed E-state index contributed by atoms with van der Waals surface area (Å²) in [6.07, 6.45) is 5.74. The van der Waals surface area contributed by atoms with Gasteiger partial charge >= 0.3 is 5.97 Å². The van der Waals surface area contributed by atoms with Crippen molar-refractivity contribution < 1.29 is 14.3 Å². The molecule has 0 saturated carbocycles. The maximum Gasteiger partial charge on any atom is 0.331 e. The van der Waals surface area contributed by atoms with Gasteiger partial charge in [-0.05, 0) is 54.5 Å². The van der Waals surface area contributed by atoms with E-state index in [0.29, 0.717) is 16.5 Å². The number of anilines is 1. The van der Waals surface area contributed by atoms with E-state index < -0.39 is 18.5 Å². The van der Waals surface area contributed by atoms with Gasteiger partial charge in [-0.3, -0.25) is 4.79 Å². The van der Waals surface area contributed by atoms with E-state index in [0.717, 1.165) is 34.9 Å². The number of esters is 1. The Labute approximate surface area is 176 Å². The smallest absolute Gasteiger partial charge is 0.331 e. The summed E-state index contributed by atoms with van der Waals surface area (Å²) in [5, 5.41) is 12.7. The highest BCUT2D eigenvalue weighted by Gasteiger charge is 2.24. The molecule has 1 atom stereocenters. The number of nitrogens with one attached hydrogen (secondary N) is 1. The van der Waals surface area contributed by atoms with E-state index in [9.17, 15) is 14.9 Å². The van der Waals surface area contributed by atoms with Gasteiger partial charge in [-0.25, -0.2) is 4.79 Å². The highest BCUT2D eigenvalue weighted by Crippen LogP contribution is 2.39. The maximum absolute atomic E-state index is 12.2. The first kappa shape index (κ1) is 20.3. The van der Waals surface area contributed by atoms with Crippen molar-refractivity contribution in [1.82, 2.24) is 0 Å². The minimum absolute atomic E-state index is 0.397. The number of nitriles is 1. The summed E-state index contributed by atoms with van der Waals surface area (Å²) in [4.78, 5) is 25.2. The molecule has 1 heterocycles. The van der Waals surface area contributed by atoms with Crippen LogP contribution in [0.15, 0.2) is 34.8 Å². The summed E-state index contributed by atoms with van der Waals surface area (Å²) in [6.45, 7) is 1.79. The lowest BCUT2D eigenvalue weighted by atomic mass is 9.89. The average Bonchev–Trinajstić information content (AvgIpc) is 3.00. The van der Waals surface area contributed by atoms with Gasteiger partial charge in [-0.1, -0.05) is 35.0 Å². The summed E-state index contributed by atoms with van der Waals surface area (Å²) in [6, 6.07) is 9.66. The predicted molar refractivity (Wildman–Crippen MR) is 113 cm³/mol. The number of carbonyl (C=O) groups is 2. The Morgan fingerprint density at radius 3 is 3.04 bits per heavy atom. The number of ether oxygens (including phenoxy) is 1. The van der Waals surface area contributed by atoms with E-state index >= 15 is 0 Å². The second kappa shape index (κ2) is 9.18. The van der Waals surface area contributed by atoms with Gasteiger partial charge in [0.05, 0.1) is 5.56 Å². The molecule has 0 bridgehead atoms. The molecule has 2 aromatic rings. The fourth-order valence-corrected chi connectivity index (χ4v) is 4.87. The Kier molecular flexibility index (Phi) is 6.65. The average molecular weight is 459 g/mol. The van der Waals surface area contributed by atoms with Crippen LogP contribution in [0.25, 0.3) is 6.08 Å². The second-order valence-corrected chi connectivity index (χ2v) is 8.73. The molecule has 1 aromatic carbocycles. The Morgan fingerprint density at radius 2 is 2.29 bits per heavy atom.